The number of rotatable bonds is 4. The second-order valence-corrected chi connectivity index (χ2v) is 4.50. The molecule has 4 nitrogen and oxygen atoms in total. The molecule has 106 valence electrons. The molecule has 1 amide bonds. The molecular formula is C11H19F3N2O2. The maximum atomic E-state index is 11.8. The van der Waals surface area contributed by atoms with Crippen molar-refractivity contribution in [3.8, 4) is 0 Å². The Morgan fingerprint density at radius 3 is 2.78 bits per heavy atom. The molecular weight excluding hydrogens is 249 g/mol. The number of carbonyl (C=O) groups is 1. The molecule has 0 bridgehead atoms. The first kappa shape index (κ1) is 15.1. The number of halogens is 3. The first-order valence-electron chi connectivity index (χ1n) is 6.10. The molecule has 1 rings (SSSR count). The van der Waals surface area contributed by atoms with E-state index in [1.54, 1.807) is 0 Å². The van der Waals surface area contributed by atoms with Crippen LogP contribution in [0.2, 0.25) is 0 Å². The summed E-state index contributed by atoms with van der Waals surface area (Å²) < 4.78 is 39.3. The number of likely N-dealkylation sites (tertiary alicyclic amines) is 1. The summed E-state index contributed by atoms with van der Waals surface area (Å²) >= 11 is 0. The van der Waals surface area contributed by atoms with Crippen molar-refractivity contribution in [2.45, 2.75) is 38.4 Å². The Morgan fingerprint density at radius 2 is 2.17 bits per heavy atom. The van der Waals surface area contributed by atoms with Crippen LogP contribution in [0, 0.1) is 0 Å². The molecule has 0 saturated carbocycles. The van der Waals surface area contributed by atoms with Crippen molar-refractivity contribution in [3.05, 3.63) is 0 Å². The van der Waals surface area contributed by atoms with Gasteiger partial charge >= 0.3 is 12.3 Å². The van der Waals surface area contributed by atoms with Gasteiger partial charge in [0.25, 0.3) is 0 Å². The highest BCUT2D eigenvalue weighted by atomic mass is 19.4. The quantitative estimate of drug-likeness (QED) is 0.849. The van der Waals surface area contributed by atoms with Gasteiger partial charge in [0.2, 0.25) is 0 Å². The molecule has 1 aliphatic rings. The van der Waals surface area contributed by atoms with Gasteiger partial charge in [-0.15, -0.1) is 0 Å². The molecule has 0 radical (unpaired) electrons. The topological polar surface area (TPSA) is 41.6 Å². The summed E-state index contributed by atoms with van der Waals surface area (Å²) in [5, 5.41) is 2.32. The first-order chi connectivity index (χ1) is 8.38. The summed E-state index contributed by atoms with van der Waals surface area (Å²) in [5.41, 5.74) is 0. The van der Waals surface area contributed by atoms with Crippen LogP contribution in [0.4, 0.5) is 18.0 Å². The van der Waals surface area contributed by atoms with Gasteiger partial charge in [-0.3, -0.25) is 4.90 Å². The monoisotopic (exact) mass is 268 g/mol. The average molecular weight is 268 g/mol. The molecule has 1 saturated heterocycles. The molecule has 0 unspecified atom stereocenters. The van der Waals surface area contributed by atoms with Crippen LogP contribution in [0.5, 0.6) is 0 Å². The molecule has 1 heterocycles. The van der Waals surface area contributed by atoms with Crippen LogP contribution < -0.4 is 5.32 Å². The predicted molar refractivity (Wildman–Crippen MR) is 60.3 cm³/mol. The molecule has 1 N–H and O–H groups in total. The second kappa shape index (κ2) is 6.82. The van der Waals surface area contributed by atoms with Crippen molar-refractivity contribution in [3.63, 3.8) is 0 Å². The predicted octanol–water partition coefficient (Wildman–Crippen LogP) is 2.15. The fourth-order valence-electron chi connectivity index (χ4n) is 1.99. The number of amides is 1. The molecule has 1 fully saturated rings. The van der Waals surface area contributed by atoms with Gasteiger partial charge < -0.3 is 10.1 Å². The normalized spacial score (nSPS) is 21.7. The minimum Gasteiger partial charge on any atom is -0.440 e. The van der Waals surface area contributed by atoms with Crippen molar-refractivity contribution in [1.82, 2.24) is 10.2 Å². The van der Waals surface area contributed by atoms with Gasteiger partial charge in [0.1, 0.15) is 0 Å². The van der Waals surface area contributed by atoms with Crippen molar-refractivity contribution in [2.75, 3.05) is 26.2 Å². The number of hydrogen-bond donors (Lipinski definition) is 1. The molecule has 18 heavy (non-hydrogen) atoms. The van der Waals surface area contributed by atoms with Crippen molar-refractivity contribution < 1.29 is 22.7 Å². The van der Waals surface area contributed by atoms with E-state index < -0.39 is 18.9 Å². The van der Waals surface area contributed by atoms with E-state index in [0.29, 0.717) is 19.1 Å². The lowest BCUT2D eigenvalue weighted by Gasteiger charge is -2.33. The maximum absolute atomic E-state index is 11.8. The van der Waals surface area contributed by atoms with E-state index in [9.17, 15) is 18.0 Å². The van der Waals surface area contributed by atoms with Gasteiger partial charge in [-0.05, 0) is 26.3 Å². The van der Waals surface area contributed by atoms with Crippen LogP contribution >= 0.6 is 0 Å². The van der Waals surface area contributed by atoms with Gasteiger partial charge in [0.15, 0.2) is 6.61 Å². The van der Waals surface area contributed by atoms with Gasteiger partial charge in [0, 0.05) is 19.1 Å². The SMILES string of the molecule is C[C@@H]1CCCCN1CCNC(=O)OCC(F)(F)F. The maximum Gasteiger partial charge on any atom is 0.422 e. The second-order valence-electron chi connectivity index (χ2n) is 4.50. The first-order valence-corrected chi connectivity index (χ1v) is 6.10. The van der Waals surface area contributed by atoms with Crippen LogP contribution in [0.15, 0.2) is 0 Å². The number of piperidine rings is 1. The lowest BCUT2D eigenvalue weighted by Crippen LogP contribution is -2.42. The van der Waals surface area contributed by atoms with Crippen molar-refractivity contribution in [1.29, 1.82) is 0 Å². The summed E-state index contributed by atoms with van der Waals surface area (Å²) in [6.45, 7) is 2.49. The molecule has 0 aromatic rings. The average Bonchev–Trinajstić information content (AvgIpc) is 2.28. The summed E-state index contributed by atoms with van der Waals surface area (Å²) in [5.74, 6) is 0. The number of nitrogens with zero attached hydrogens (tertiary/aromatic N) is 1. The lowest BCUT2D eigenvalue weighted by atomic mass is 10.0. The van der Waals surface area contributed by atoms with E-state index in [-0.39, 0.29) is 0 Å². The fourth-order valence-corrected chi connectivity index (χ4v) is 1.99. The third-order valence-corrected chi connectivity index (χ3v) is 2.98. The highest BCUT2D eigenvalue weighted by Crippen LogP contribution is 2.15. The molecule has 0 spiro atoms. The Kier molecular flexibility index (Phi) is 5.71. The molecule has 1 aliphatic heterocycles. The zero-order valence-corrected chi connectivity index (χ0v) is 10.4. The van der Waals surface area contributed by atoms with Crippen LogP contribution in [0.1, 0.15) is 26.2 Å². The van der Waals surface area contributed by atoms with E-state index in [4.69, 9.17) is 0 Å². The van der Waals surface area contributed by atoms with E-state index >= 15 is 0 Å². The molecule has 0 aliphatic carbocycles. The smallest absolute Gasteiger partial charge is 0.422 e. The van der Waals surface area contributed by atoms with Crippen LogP contribution in [0.3, 0.4) is 0 Å². The Bertz CT molecular complexity index is 272. The largest absolute Gasteiger partial charge is 0.440 e. The van der Waals surface area contributed by atoms with E-state index in [0.717, 1.165) is 19.4 Å². The zero-order valence-electron chi connectivity index (χ0n) is 10.4. The van der Waals surface area contributed by atoms with Crippen LogP contribution in [-0.4, -0.2) is 49.5 Å². The Labute approximate surface area is 104 Å². The highest BCUT2D eigenvalue weighted by molar-refractivity contribution is 5.67. The van der Waals surface area contributed by atoms with Gasteiger partial charge in [0.05, 0.1) is 0 Å². The summed E-state index contributed by atoms with van der Waals surface area (Å²) in [4.78, 5) is 13.2. The number of carbonyl (C=O) groups excluding carboxylic acids is 1. The minimum atomic E-state index is -4.47. The summed E-state index contributed by atoms with van der Waals surface area (Å²) in [6, 6.07) is 0.465. The third kappa shape index (κ3) is 6.09. The lowest BCUT2D eigenvalue weighted by molar-refractivity contribution is -0.160. The molecule has 7 heteroatoms. The fraction of sp³-hybridized carbons (Fsp3) is 0.909. The summed E-state index contributed by atoms with van der Waals surface area (Å²) in [6.07, 6.45) is -2.03. The van der Waals surface area contributed by atoms with Crippen LogP contribution in [0.25, 0.3) is 0 Å². The Hall–Kier alpha value is -0.980. The molecule has 0 aromatic heterocycles. The molecule has 1 atom stereocenters. The Morgan fingerprint density at radius 1 is 1.44 bits per heavy atom. The number of alkyl carbamates (subject to hydrolysis) is 1. The van der Waals surface area contributed by atoms with Crippen molar-refractivity contribution >= 4 is 6.09 Å². The highest BCUT2D eigenvalue weighted by Gasteiger charge is 2.29. The number of alkyl halides is 3. The molecule has 0 aromatic carbocycles. The number of ether oxygens (including phenoxy) is 1. The van der Waals surface area contributed by atoms with E-state index in [2.05, 4.69) is 21.9 Å². The van der Waals surface area contributed by atoms with E-state index in [1.807, 2.05) is 0 Å². The number of hydrogen-bond acceptors (Lipinski definition) is 3. The van der Waals surface area contributed by atoms with Gasteiger partial charge in [-0.25, -0.2) is 4.79 Å². The minimum absolute atomic E-state index is 0.307. The van der Waals surface area contributed by atoms with Crippen molar-refractivity contribution in [2.24, 2.45) is 0 Å². The zero-order chi connectivity index (χ0) is 13.6. The van der Waals surface area contributed by atoms with Crippen LogP contribution in [-0.2, 0) is 4.74 Å². The van der Waals surface area contributed by atoms with Gasteiger partial charge in [-0.2, -0.15) is 13.2 Å². The standard InChI is InChI=1S/C11H19F3N2O2/c1-9-4-2-3-6-16(9)7-5-15-10(17)18-8-11(12,13)14/h9H,2-8H2,1H3,(H,15,17)/t9-/m1/s1. The third-order valence-electron chi connectivity index (χ3n) is 2.98. The van der Waals surface area contributed by atoms with Gasteiger partial charge in [-0.1, -0.05) is 6.42 Å². The van der Waals surface area contributed by atoms with E-state index in [1.165, 1.54) is 6.42 Å². The number of nitrogens with one attached hydrogen (secondary N) is 1. The Balaban J connectivity index is 2.11. The summed E-state index contributed by atoms with van der Waals surface area (Å²) in [7, 11) is 0.